The van der Waals surface area contributed by atoms with E-state index in [-0.39, 0.29) is 17.2 Å². The number of hydrogen-bond donors (Lipinski definition) is 1. The summed E-state index contributed by atoms with van der Waals surface area (Å²) >= 11 is 0. The molecule has 0 saturated carbocycles. The molecule has 1 heterocycles. The largest absolute Gasteiger partial charge is 0.494 e. The number of anilines is 1. The van der Waals surface area contributed by atoms with Crippen LogP contribution in [-0.4, -0.2) is 24.4 Å². The molecule has 33 heavy (non-hydrogen) atoms. The Morgan fingerprint density at radius 3 is 2.42 bits per heavy atom. The quantitative estimate of drug-likeness (QED) is 0.355. The van der Waals surface area contributed by atoms with Crippen molar-refractivity contribution in [3.05, 3.63) is 89.9 Å². The van der Waals surface area contributed by atoms with Crippen LogP contribution in [-0.2, 0) is 4.79 Å². The van der Waals surface area contributed by atoms with Gasteiger partial charge in [0.15, 0.2) is 23.4 Å². The van der Waals surface area contributed by atoms with Crippen molar-refractivity contribution in [3.63, 3.8) is 0 Å². The molecule has 6 nitrogen and oxygen atoms in total. The highest BCUT2D eigenvalue weighted by Crippen LogP contribution is 2.33. The van der Waals surface area contributed by atoms with E-state index in [4.69, 9.17) is 13.9 Å². The molecular formula is C26H22FNO5. The van der Waals surface area contributed by atoms with Gasteiger partial charge in [0, 0.05) is 10.9 Å². The summed E-state index contributed by atoms with van der Waals surface area (Å²) in [5, 5.41) is 3.30. The van der Waals surface area contributed by atoms with E-state index in [1.807, 2.05) is 6.92 Å². The van der Waals surface area contributed by atoms with E-state index < -0.39 is 23.6 Å². The summed E-state index contributed by atoms with van der Waals surface area (Å²) < 4.78 is 30.6. The number of fused-ring (bicyclic) bond motifs is 1. The van der Waals surface area contributed by atoms with Gasteiger partial charge in [-0.05, 0) is 62.4 Å². The number of para-hydroxylation sites is 2. The number of carbonyl (C=O) groups is 2. The molecule has 7 heteroatoms. The van der Waals surface area contributed by atoms with Crippen molar-refractivity contribution in [3.8, 4) is 11.5 Å². The molecule has 0 saturated heterocycles. The van der Waals surface area contributed by atoms with Gasteiger partial charge in [-0.2, -0.15) is 0 Å². The lowest BCUT2D eigenvalue weighted by Gasteiger charge is -2.15. The number of halogens is 1. The van der Waals surface area contributed by atoms with Gasteiger partial charge in [-0.15, -0.1) is 0 Å². The summed E-state index contributed by atoms with van der Waals surface area (Å²) in [6, 6.07) is 19.5. The van der Waals surface area contributed by atoms with E-state index in [0.717, 1.165) is 0 Å². The first-order chi connectivity index (χ1) is 16.0. The summed E-state index contributed by atoms with van der Waals surface area (Å²) in [5.41, 5.74) is 1.06. The van der Waals surface area contributed by atoms with Gasteiger partial charge in [-0.25, -0.2) is 4.39 Å². The SMILES string of the molecule is CCOc1ccc(C(=O)c2oc3ccccc3c2NC(=O)C(C)Oc2ccccc2F)cc1. The molecule has 1 unspecified atom stereocenters. The molecule has 0 fully saturated rings. The zero-order valence-electron chi connectivity index (χ0n) is 18.1. The number of furan rings is 1. The number of benzene rings is 3. The first-order valence-electron chi connectivity index (χ1n) is 10.5. The molecule has 0 aliphatic carbocycles. The minimum atomic E-state index is -1.02. The van der Waals surface area contributed by atoms with E-state index in [2.05, 4.69) is 5.32 Å². The molecule has 0 spiro atoms. The third-order valence-corrected chi connectivity index (χ3v) is 4.99. The lowest BCUT2D eigenvalue weighted by Crippen LogP contribution is -2.30. The third-order valence-electron chi connectivity index (χ3n) is 4.99. The fourth-order valence-electron chi connectivity index (χ4n) is 3.34. The van der Waals surface area contributed by atoms with Crippen molar-refractivity contribution in [1.29, 1.82) is 0 Å². The Morgan fingerprint density at radius 2 is 1.70 bits per heavy atom. The van der Waals surface area contributed by atoms with Crippen LogP contribution in [0.4, 0.5) is 10.1 Å². The normalized spacial score (nSPS) is 11.7. The standard InChI is InChI=1S/C26H22FNO5/c1-3-31-18-14-12-17(13-15-18)24(29)25-23(19-8-4-6-10-21(19)33-25)28-26(30)16(2)32-22-11-7-5-9-20(22)27/h4-16H,3H2,1-2H3,(H,28,30). The second-order valence-corrected chi connectivity index (χ2v) is 7.27. The molecule has 0 bridgehead atoms. The Kier molecular flexibility index (Phi) is 6.40. The molecule has 1 atom stereocenters. The monoisotopic (exact) mass is 447 g/mol. The fourth-order valence-corrected chi connectivity index (χ4v) is 3.34. The highest BCUT2D eigenvalue weighted by molar-refractivity contribution is 6.17. The molecule has 0 aliphatic heterocycles. The van der Waals surface area contributed by atoms with Gasteiger partial charge in [-0.1, -0.05) is 24.3 Å². The first-order valence-corrected chi connectivity index (χ1v) is 10.5. The van der Waals surface area contributed by atoms with Crippen LogP contribution < -0.4 is 14.8 Å². The zero-order chi connectivity index (χ0) is 23.4. The van der Waals surface area contributed by atoms with Crippen LogP contribution in [0.25, 0.3) is 11.0 Å². The molecule has 1 N–H and O–H groups in total. The van der Waals surface area contributed by atoms with E-state index in [1.165, 1.54) is 25.1 Å². The highest BCUT2D eigenvalue weighted by atomic mass is 19.1. The van der Waals surface area contributed by atoms with Gasteiger partial charge >= 0.3 is 0 Å². The highest BCUT2D eigenvalue weighted by Gasteiger charge is 2.26. The Labute approximate surface area is 189 Å². The van der Waals surface area contributed by atoms with Gasteiger partial charge in [0.1, 0.15) is 11.3 Å². The average molecular weight is 447 g/mol. The van der Waals surface area contributed by atoms with Crippen LogP contribution in [0.15, 0.2) is 77.2 Å². The van der Waals surface area contributed by atoms with Crippen LogP contribution >= 0.6 is 0 Å². The molecule has 168 valence electrons. The van der Waals surface area contributed by atoms with Crippen molar-refractivity contribution >= 4 is 28.3 Å². The van der Waals surface area contributed by atoms with Crippen molar-refractivity contribution in [2.45, 2.75) is 20.0 Å². The number of nitrogens with one attached hydrogen (secondary N) is 1. The molecular weight excluding hydrogens is 425 g/mol. The average Bonchev–Trinajstić information content (AvgIpc) is 3.19. The van der Waals surface area contributed by atoms with Crippen molar-refractivity contribution in [2.24, 2.45) is 0 Å². The van der Waals surface area contributed by atoms with Gasteiger partial charge in [-0.3, -0.25) is 9.59 Å². The van der Waals surface area contributed by atoms with Gasteiger partial charge in [0.2, 0.25) is 5.78 Å². The first kappa shape index (κ1) is 22.1. The lowest BCUT2D eigenvalue weighted by atomic mass is 10.1. The minimum absolute atomic E-state index is 0.00759. The number of ether oxygens (including phenoxy) is 2. The number of hydrogen-bond acceptors (Lipinski definition) is 5. The second kappa shape index (κ2) is 9.56. The molecule has 4 rings (SSSR count). The maximum atomic E-state index is 13.9. The van der Waals surface area contributed by atoms with Crippen molar-refractivity contribution in [1.82, 2.24) is 0 Å². The van der Waals surface area contributed by atoms with Crippen LogP contribution in [0.1, 0.15) is 30.0 Å². The molecule has 4 aromatic rings. The lowest BCUT2D eigenvalue weighted by molar-refractivity contribution is -0.122. The maximum absolute atomic E-state index is 13.9. The Bertz CT molecular complexity index is 1300. The Hall–Kier alpha value is -4.13. The topological polar surface area (TPSA) is 77.8 Å². The number of rotatable bonds is 8. The summed E-state index contributed by atoms with van der Waals surface area (Å²) in [6.45, 7) is 3.89. The Morgan fingerprint density at radius 1 is 1.00 bits per heavy atom. The molecule has 1 amide bonds. The van der Waals surface area contributed by atoms with E-state index >= 15 is 0 Å². The van der Waals surface area contributed by atoms with Crippen LogP contribution in [0.5, 0.6) is 11.5 Å². The molecule has 0 radical (unpaired) electrons. The van der Waals surface area contributed by atoms with Crippen molar-refractivity contribution < 1.29 is 27.9 Å². The molecule has 0 aliphatic rings. The Balaban J connectivity index is 1.63. The van der Waals surface area contributed by atoms with Crippen LogP contribution in [0.2, 0.25) is 0 Å². The van der Waals surface area contributed by atoms with E-state index in [9.17, 15) is 14.0 Å². The summed E-state index contributed by atoms with van der Waals surface area (Å²) in [5.74, 6) is -0.920. The second-order valence-electron chi connectivity index (χ2n) is 7.27. The van der Waals surface area contributed by atoms with Crippen LogP contribution in [0.3, 0.4) is 0 Å². The van der Waals surface area contributed by atoms with Crippen LogP contribution in [0, 0.1) is 5.82 Å². The summed E-state index contributed by atoms with van der Waals surface area (Å²) in [4.78, 5) is 26.1. The predicted octanol–water partition coefficient (Wildman–Crippen LogP) is 5.61. The number of ketones is 1. The smallest absolute Gasteiger partial charge is 0.265 e. The minimum Gasteiger partial charge on any atom is -0.494 e. The fraction of sp³-hybridized carbons (Fsp3) is 0.154. The molecule has 3 aromatic carbocycles. The number of carbonyl (C=O) groups excluding carboxylic acids is 2. The zero-order valence-corrected chi connectivity index (χ0v) is 18.1. The van der Waals surface area contributed by atoms with Crippen molar-refractivity contribution in [2.75, 3.05) is 11.9 Å². The van der Waals surface area contributed by atoms with Gasteiger partial charge in [0.05, 0.1) is 12.3 Å². The predicted molar refractivity (Wildman–Crippen MR) is 122 cm³/mol. The van der Waals surface area contributed by atoms with Gasteiger partial charge < -0.3 is 19.2 Å². The summed E-state index contributed by atoms with van der Waals surface area (Å²) in [7, 11) is 0. The van der Waals surface area contributed by atoms with E-state index in [1.54, 1.807) is 54.6 Å². The number of amides is 1. The maximum Gasteiger partial charge on any atom is 0.265 e. The molecule has 1 aromatic heterocycles. The van der Waals surface area contributed by atoms with E-state index in [0.29, 0.717) is 28.9 Å². The third kappa shape index (κ3) is 4.72. The summed E-state index contributed by atoms with van der Waals surface area (Å²) in [6.07, 6.45) is -1.02. The van der Waals surface area contributed by atoms with Gasteiger partial charge in [0.25, 0.3) is 5.91 Å².